The molecule has 0 aliphatic rings. The average Bonchev–Trinajstić information content (AvgIpc) is 2.62. The highest BCUT2D eigenvalue weighted by molar-refractivity contribution is 5.93. The van der Waals surface area contributed by atoms with Crippen LogP contribution in [0.4, 0.5) is 0 Å². The molecule has 0 aliphatic heterocycles. The van der Waals surface area contributed by atoms with Gasteiger partial charge in [-0.15, -0.1) is 6.58 Å². The van der Waals surface area contributed by atoms with E-state index >= 15 is 0 Å². The Bertz CT molecular complexity index is 452. The number of ketones is 1. The number of carbonyl (C=O) groups is 1. The van der Waals surface area contributed by atoms with Gasteiger partial charge in [0.05, 0.1) is 0 Å². The van der Waals surface area contributed by atoms with Gasteiger partial charge in [-0.25, -0.2) is 0 Å². The Labute approximate surface area is 157 Å². The first-order chi connectivity index (χ1) is 11.8. The van der Waals surface area contributed by atoms with Crippen molar-refractivity contribution in [1.82, 2.24) is 0 Å². The number of benzene rings is 1. The van der Waals surface area contributed by atoms with Crippen LogP contribution in [0.5, 0.6) is 0 Å². The molecule has 1 heteroatoms. The standard InChI is InChI=1S/C8H8.C6H10O.C6H12.C4H10/c1-2-8-6-4-3-5-7-8;1-4-6(7)5(2)3;1-4-5-6(2)3;1-3-4-2/h2-7H,1H2;2,4H2,1,3H3;2,4-5H2,1,3H3;3-4H2,1-2H3. The lowest BCUT2D eigenvalue weighted by Crippen LogP contribution is -1.93. The van der Waals surface area contributed by atoms with Crippen LogP contribution in [0.3, 0.4) is 0 Å². The molecule has 1 rings (SSSR count). The summed E-state index contributed by atoms with van der Waals surface area (Å²) in [7, 11) is 0. The Morgan fingerprint density at radius 3 is 1.52 bits per heavy atom. The van der Waals surface area contributed by atoms with Gasteiger partial charge in [0.15, 0.2) is 5.78 Å². The Kier molecular flexibility index (Phi) is 24.7. The van der Waals surface area contributed by atoms with Crippen molar-refractivity contribution in [2.24, 2.45) is 0 Å². The molecule has 0 heterocycles. The largest absolute Gasteiger partial charge is 0.295 e. The van der Waals surface area contributed by atoms with E-state index < -0.39 is 0 Å². The second-order valence-corrected chi connectivity index (χ2v) is 5.88. The lowest BCUT2D eigenvalue weighted by atomic mass is 10.2. The molecule has 0 spiro atoms. The van der Waals surface area contributed by atoms with Gasteiger partial charge in [-0.05, 0) is 31.4 Å². The number of hydrogen-bond donors (Lipinski definition) is 0. The Balaban J connectivity index is -0.000000266. The minimum Gasteiger partial charge on any atom is -0.295 e. The summed E-state index contributed by atoms with van der Waals surface area (Å²) in [5.74, 6) is 0.153. The second kappa shape index (κ2) is 22.1. The quantitative estimate of drug-likeness (QED) is 0.377. The van der Waals surface area contributed by atoms with Crippen LogP contribution < -0.4 is 0 Å². The summed E-state index contributed by atoms with van der Waals surface area (Å²) in [5, 5.41) is 0. The van der Waals surface area contributed by atoms with E-state index in [0.29, 0.717) is 12.0 Å². The molecule has 1 aromatic carbocycles. The Hall–Kier alpha value is -1.89. The smallest absolute Gasteiger partial charge is 0.157 e. The van der Waals surface area contributed by atoms with Crippen LogP contribution in [0.15, 0.2) is 61.2 Å². The molecule has 1 aromatic rings. The SMILES string of the molecule is C=C(C)C(=O)CC.C=C(C)CCC.C=Cc1ccccc1.CCCC. The van der Waals surface area contributed by atoms with E-state index in [-0.39, 0.29) is 5.78 Å². The van der Waals surface area contributed by atoms with E-state index in [9.17, 15) is 4.79 Å². The fraction of sp³-hybridized carbons (Fsp3) is 0.458. The van der Waals surface area contributed by atoms with Crippen molar-refractivity contribution < 1.29 is 4.79 Å². The third-order valence-electron chi connectivity index (χ3n) is 3.01. The van der Waals surface area contributed by atoms with Crippen LogP contribution in [0.2, 0.25) is 0 Å². The molecule has 1 nitrogen and oxygen atoms in total. The Morgan fingerprint density at radius 2 is 1.40 bits per heavy atom. The molecule has 0 saturated heterocycles. The molecule has 0 unspecified atom stereocenters. The molecule has 0 fully saturated rings. The van der Waals surface area contributed by atoms with Crippen molar-refractivity contribution in [3.8, 4) is 0 Å². The summed E-state index contributed by atoms with van der Waals surface area (Å²) >= 11 is 0. The summed E-state index contributed by atoms with van der Waals surface area (Å²) in [6.07, 6.45) is 7.46. The summed E-state index contributed by atoms with van der Waals surface area (Å²) in [6, 6.07) is 10.0. The maximum absolute atomic E-state index is 10.4. The first-order valence-electron chi connectivity index (χ1n) is 9.30. The number of hydrogen-bond acceptors (Lipinski definition) is 1. The van der Waals surface area contributed by atoms with Gasteiger partial charge in [0.2, 0.25) is 0 Å². The highest BCUT2D eigenvalue weighted by Gasteiger charge is 1.93. The van der Waals surface area contributed by atoms with Crippen molar-refractivity contribution in [3.63, 3.8) is 0 Å². The monoisotopic (exact) mass is 344 g/mol. The maximum atomic E-state index is 10.4. The maximum Gasteiger partial charge on any atom is 0.157 e. The molecule has 0 atom stereocenters. The summed E-state index contributed by atoms with van der Waals surface area (Å²) in [4.78, 5) is 10.4. The molecule has 0 amide bonds. The van der Waals surface area contributed by atoms with E-state index in [1.165, 1.54) is 36.8 Å². The molecular weight excluding hydrogens is 304 g/mol. The van der Waals surface area contributed by atoms with Crippen molar-refractivity contribution >= 4 is 11.9 Å². The topological polar surface area (TPSA) is 17.1 Å². The van der Waals surface area contributed by atoms with Crippen molar-refractivity contribution in [2.75, 3.05) is 0 Å². The summed E-state index contributed by atoms with van der Waals surface area (Å²) < 4.78 is 0. The number of allylic oxidation sites excluding steroid dienone is 2. The van der Waals surface area contributed by atoms with Crippen LogP contribution in [0.1, 0.15) is 79.2 Å². The molecule has 0 aliphatic carbocycles. The summed E-state index contributed by atoms with van der Waals surface area (Å²) in [6.45, 7) is 23.0. The fourth-order valence-corrected chi connectivity index (χ4v) is 1.32. The van der Waals surface area contributed by atoms with Crippen molar-refractivity contribution in [3.05, 3.63) is 66.8 Å². The van der Waals surface area contributed by atoms with Gasteiger partial charge in [0.1, 0.15) is 0 Å². The van der Waals surface area contributed by atoms with Gasteiger partial charge >= 0.3 is 0 Å². The second-order valence-electron chi connectivity index (χ2n) is 5.88. The van der Waals surface area contributed by atoms with Gasteiger partial charge in [-0.3, -0.25) is 4.79 Å². The third kappa shape index (κ3) is 27.3. The van der Waals surface area contributed by atoms with E-state index in [2.05, 4.69) is 47.4 Å². The highest BCUT2D eigenvalue weighted by atomic mass is 16.1. The molecule has 0 N–H and O–H groups in total. The van der Waals surface area contributed by atoms with Crippen LogP contribution in [-0.4, -0.2) is 5.78 Å². The molecule has 0 saturated carbocycles. The zero-order chi connectivity index (χ0) is 20.1. The molecular formula is C24H40O. The minimum absolute atomic E-state index is 0.153. The molecule has 0 bridgehead atoms. The zero-order valence-electron chi connectivity index (χ0n) is 17.5. The van der Waals surface area contributed by atoms with E-state index in [4.69, 9.17) is 0 Å². The lowest BCUT2D eigenvalue weighted by Gasteiger charge is -1.87. The van der Waals surface area contributed by atoms with Crippen LogP contribution in [-0.2, 0) is 4.79 Å². The third-order valence-corrected chi connectivity index (χ3v) is 3.01. The van der Waals surface area contributed by atoms with E-state index in [1.54, 1.807) is 6.92 Å². The van der Waals surface area contributed by atoms with Gasteiger partial charge < -0.3 is 0 Å². The fourth-order valence-electron chi connectivity index (χ4n) is 1.32. The average molecular weight is 345 g/mol. The predicted molar refractivity (Wildman–Crippen MR) is 117 cm³/mol. The predicted octanol–water partition coefficient (Wildman–Crippen LogP) is 8.04. The molecule has 142 valence electrons. The molecule has 0 radical (unpaired) electrons. The van der Waals surface area contributed by atoms with Crippen molar-refractivity contribution in [2.45, 2.75) is 73.6 Å². The number of unbranched alkanes of at least 4 members (excludes halogenated alkanes) is 1. The normalized spacial score (nSPS) is 8.24. The van der Waals surface area contributed by atoms with Gasteiger partial charge in [0, 0.05) is 6.42 Å². The van der Waals surface area contributed by atoms with Crippen LogP contribution >= 0.6 is 0 Å². The van der Waals surface area contributed by atoms with Crippen LogP contribution in [0.25, 0.3) is 6.08 Å². The minimum atomic E-state index is 0.153. The number of Topliss-reactive ketones (excluding diaryl/α,β-unsaturated/α-hetero) is 1. The number of rotatable bonds is 6. The molecule has 0 aromatic heterocycles. The van der Waals surface area contributed by atoms with Gasteiger partial charge in [0.25, 0.3) is 0 Å². The van der Waals surface area contributed by atoms with E-state index in [0.717, 1.165) is 0 Å². The Morgan fingerprint density at radius 1 is 0.920 bits per heavy atom. The lowest BCUT2D eigenvalue weighted by molar-refractivity contribution is -0.115. The van der Waals surface area contributed by atoms with Crippen molar-refractivity contribution in [1.29, 1.82) is 0 Å². The molecule has 25 heavy (non-hydrogen) atoms. The van der Waals surface area contributed by atoms with Crippen LogP contribution in [0, 0.1) is 0 Å². The highest BCUT2D eigenvalue weighted by Crippen LogP contribution is 1.97. The summed E-state index contributed by atoms with van der Waals surface area (Å²) in [5.41, 5.74) is 3.12. The number of carbonyl (C=O) groups excluding carboxylic acids is 1. The van der Waals surface area contributed by atoms with Gasteiger partial charge in [-0.1, -0.05) is 102 Å². The van der Waals surface area contributed by atoms with Gasteiger partial charge in [-0.2, -0.15) is 0 Å². The zero-order valence-corrected chi connectivity index (χ0v) is 17.5. The van der Waals surface area contributed by atoms with E-state index in [1.807, 2.05) is 43.3 Å². The first-order valence-corrected chi connectivity index (χ1v) is 9.30. The first kappa shape index (κ1) is 27.9.